The molecule has 0 unspecified atom stereocenters. The number of ether oxygens (including phenoxy) is 4. The van der Waals surface area contributed by atoms with Gasteiger partial charge in [0.05, 0.1) is 32.0 Å². The Bertz CT molecular complexity index is 921. The molecule has 0 spiro atoms. The van der Waals surface area contributed by atoms with Gasteiger partial charge < -0.3 is 39.4 Å². The van der Waals surface area contributed by atoms with Crippen molar-refractivity contribution in [1.82, 2.24) is 0 Å². The minimum absolute atomic E-state index is 0.100. The lowest BCUT2D eigenvalue weighted by molar-refractivity contribution is -0.231. The summed E-state index contributed by atoms with van der Waals surface area (Å²) in [6.07, 6.45) is -6.33. The summed E-state index contributed by atoms with van der Waals surface area (Å²) in [5.41, 5.74) is 0.680. The van der Waals surface area contributed by atoms with Gasteiger partial charge in [0.2, 0.25) is 0 Å². The molecule has 0 saturated carbocycles. The van der Waals surface area contributed by atoms with Gasteiger partial charge in [-0.15, -0.1) is 0 Å². The van der Waals surface area contributed by atoms with Crippen LogP contribution in [0.1, 0.15) is 32.4 Å². The molecule has 1 fully saturated rings. The van der Waals surface area contributed by atoms with Crippen LogP contribution >= 0.6 is 0 Å². The van der Waals surface area contributed by atoms with Gasteiger partial charge in [0.25, 0.3) is 0 Å². The van der Waals surface area contributed by atoms with Crippen molar-refractivity contribution in [1.29, 1.82) is 0 Å². The standard InChI is InChI=1S/C22H24O10/c1-29-21(27)12-7-13(22(28)30-2)9-15(8-12)31-14-5-3-11(4-6-14)20-19(26)18(25)17(24)16(10-23)32-20/h3-9,16-20,23-26H,10H2,1-2H3/t16-,17-,18+,19+,20-/m1/s1. The number of hydrogen-bond donors (Lipinski definition) is 4. The van der Waals surface area contributed by atoms with Crippen LogP contribution in [-0.4, -0.2) is 77.6 Å². The van der Waals surface area contributed by atoms with Gasteiger partial charge >= 0.3 is 11.9 Å². The first-order valence-corrected chi connectivity index (χ1v) is 9.69. The maximum Gasteiger partial charge on any atom is 0.338 e. The first-order valence-electron chi connectivity index (χ1n) is 9.69. The van der Waals surface area contributed by atoms with E-state index >= 15 is 0 Å². The Labute approximate surface area is 183 Å². The molecule has 10 heteroatoms. The minimum Gasteiger partial charge on any atom is -0.465 e. The molecule has 0 aromatic heterocycles. The Morgan fingerprint density at radius 3 is 1.91 bits per heavy atom. The predicted octanol–water partition coefficient (Wildman–Crippen LogP) is 0.567. The topological polar surface area (TPSA) is 152 Å². The third-order valence-electron chi connectivity index (χ3n) is 5.09. The molecule has 10 nitrogen and oxygen atoms in total. The fourth-order valence-electron chi connectivity index (χ4n) is 3.37. The molecule has 1 aliphatic rings. The number of hydrogen-bond acceptors (Lipinski definition) is 10. The maximum atomic E-state index is 11.9. The fraction of sp³-hybridized carbons (Fsp3) is 0.364. The van der Waals surface area contributed by atoms with Gasteiger partial charge in [0, 0.05) is 0 Å². The Hall–Kier alpha value is -3.02. The quantitative estimate of drug-likeness (QED) is 0.462. The molecule has 32 heavy (non-hydrogen) atoms. The Morgan fingerprint density at radius 2 is 1.41 bits per heavy atom. The molecule has 172 valence electrons. The summed E-state index contributed by atoms with van der Waals surface area (Å²) >= 11 is 0. The van der Waals surface area contributed by atoms with Crippen molar-refractivity contribution in [2.24, 2.45) is 0 Å². The number of methoxy groups -OCH3 is 2. The van der Waals surface area contributed by atoms with E-state index in [4.69, 9.17) is 18.9 Å². The van der Waals surface area contributed by atoms with E-state index < -0.39 is 49.1 Å². The number of aliphatic hydroxyl groups excluding tert-OH is 4. The van der Waals surface area contributed by atoms with Crippen molar-refractivity contribution < 1.29 is 49.0 Å². The Kier molecular flexibility index (Phi) is 7.44. The van der Waals surface area contributed by atoms with Crippen LogP contribution in [-0.2, 0) is 14.2 Å². The van der Waals surface area contributed by atoms with E-state index in [-0.39, 0.29) is 16.9 Å². The van der Waals surface area contributed by atoms with Gasteiger partial charge in [0.15, 0.2) is 0 Å². The maximum absolute atomic E-state index is 11.9. The second-order valence-corrected chi connectivity index (χ2v) is 7.15. The van der Waals surface area contributed by atoms with Gasteiger partial charge in [-0.2, -0.15) is 0 Å². The Morgan fingerprint density at radius 1 is 0.844 bits per heavy atom. The molecular weight excluding hydrogens is 424 g/mol. The van der Waals surface area contributed by atoms with Gasteiger partial charge in [-0.05, 0) is 35.9 Å². The van der Waals surface area contributed by atoms with E-state index in [1.54, 1.807) is 24.3 Å². The second kappa shape index (κ2) is 10.1. The molecule has 0 amide bonds. The molecule has 3 rings (SSSR count). The summed E-state index contributed by atoms with van der Waals surface area (Å²) < 4.78 is 20.7. The summed E-state index contributed by atoms with van der Waals surface area (Å²) in [6, 6.07) is 10.4. The van der Waals surface area contributed by atoms with E-state index in [0.717, 1.165) is 0 Å². The van der Waals surface area contributed by atoms with E-state index in [9.17, 15) is 30.0 Å². The van der Waals surface area contributed by atoms with Crippen LogP contribution < -0.4 is 4.74 Å². The first-order chi connectivity index (χ1) is 15.3. The minimum atomic E-state index is -1.49. The normalized spacial score (nSPS) is 25.1. The van der Waals surface area contributed by atoms with Crippen molar-refractivity contribution in [3.05, 3.63) is 59.2 Å². The van der Waals surface area contributed by atoms with Crippen molar-refractivity contribution in [2.75, 3.05) is 20.8 Å². The monoisotopic (exact) mass is 448 g/mol. The molecule has 1 heterocycles. The number of benzene rings is 2. The number of rotatable bonds is 6. The highest BCUT2D eigenvalue weighted by atomic mass is 16.5. The highest BCUT2D eigenvalue weighted by Crippen LogP contribution is 2.34. The Balaban J connectivity index is 1.83. The zero-order valence-corrected chi connectivity index (χ0v) is 17.4. The summed E-state index contributed by atoms with van der Waals surface area (Å²) in [6.45, 7) is -0.526. The number of carbonyl (C=O) groups excluding carboxylic acids is 2. The van der Waals surface area contributed by atoms with Crippen LogP contribution in [0.5, 0.6) is 11.5 Å². The largest absolute Gasteiger partial charge is 0.465 e. The molecule has 0 bridgehead atoms. The molecule has 2 aromatic rings. The molecule has 0 aliphatic carbocycles. The van der Waals surface area contributed by atoms with Gasteiger partial charge in [-0.25, -0.2) is 9.59 Å². The summed E-state index contributed by atoms with van der Waals surface area (Å²) in [4.78, 5) is 23.8. The molecule has 5 atom stereocenters. The van der Waals surface area contributed by atoms with Crippen LogP contribution in [0.25, 0.3) is 0 Å². The predicted molar refractivity (Wildman–Crippen MR) is 108 cm³/mol. The van der Waals surface area contributed by atoms with E-state index in [0.29, 0.717) is 11.3 Å². The lowest BCUT2D eigenvalue weighted by Gasteiger charge is -2.40. The zero-order valence-electron chi connectivity index (χ0n) is 17.4. The molecule has 4 N–H and O–H groups in total. The van der Waals surface area contributed by atoms with Crippen LogP contribution in [0.2, 0.25) is 0 Å². The first kappa shape index (κ1) is 23.6. The number of aliphatic hydroxyl groups is 4. The highest BCUT2D eigenvalue weighted by Gasteiger charge is 2.43. The van der Waals surface area contributed by atoms with Crippen LogP contribution in [0.15, 0.2) is 42.5 Å². The van der Waals surface area contributed by atoms with Crippen LogP contribution in [0.3, 0.4) is 0 Å². The third kappa shape index (κ3) is 4.90. The van der Waals surface area contributed by atoms with E-state index in [1.807, 2.05) is 0 Å². The molecule has 1 aliphatic heterocycles. The molecule has 2 aromatic carbocycles. The van der Waals surface area contributed by atoms with Crippen molar-refractivity contribution in [3.8, 4) is 11.5 Å². The highest BCUT2D eigenvalue weighted by molar-refractivity contribution is 5.96. The molecular formula is C22H24O10. The smallest absolute Gasteiger partial charge is 0.338 e. The summed E-state index contributed by atoms with van der Waals surface area (Å²) in [5, 5.41) is 39.5. The lowest BCUT2D eigenvalue weighted by atomic mass is 9.91. The fourth-order valence-corrected chi connectivity index (χ4v) is 3.37. The SMILES string of the molecule is COC(=O)c1cc(Oc2ccc([C@H]3O[C@H](CO)[C@@H](O)[C@H](O)[C@@H]3O)cc2)cc(C(=O)OC)c1. The lowest BCUT2D eigenvalue weighted by Crippen LogP contribution is -2.55. The van der Waals surface area contributed by atoms with Gasteiger partial charge in [-0.1, -0.05) is 12.1 Å². The van der Waals surface area contributed by atoms with Gasteiger partial charge in [0.1, 0.15) is 42.0 Å². The average Bonchev–Trinajstić information content (AvgIpc) is 2.82. The third-order valence-corrected chi connectivity index (χ3v) is 5.09. The molecule has 0 radical (unpaired) electrons. The zero-order chi connectivity index (χ0) is 23.4. The van der Waals surface area contributed by atoms with E-state index in [1.165, 1.54) is 32.4 Å². The summed E-state index contributed by atoms with van der Waals surface area (Å²) in [7, 11) is 2.43. The van der Waals surface area contributed by atoms with Crippen molar-refractivity contribution >= 4 is 11.9 Å². The van der Waals surface area contributed by atoms with Crippen molar-refractivity contribution in [2.45, 2.75) is 30.5 Å². The van der Waals surface area contributed by atoms with Gasteiger partial charge in [-0.3, -0.25) is 0 Å². The number of esters is 2. The van der Waals surface area contributed by atoms with Crippen molar-refractivity contribution in [3.63, 3.8) is 0 Å². The second-order valence-electron chi connectivity index (χ2n) is 7.15. The van der Waals surface area contributed by atoms with Crippen LogP contribution in [0, 0.1) is 0 Å². The van der Waals surface area contributed by atoms with E-state index in [2.05, 4.69) is 0 Å². The average molecular weight is 448 g/mol. The molecule has 1 saturated heterocycles. The summed E-state index contributed by atoms with van der Waals surface area (Å²) in [5.74, 6) is -0.776. The number of carbonyl (C=O) groups is 2. The van der Waals surface area contributed by atoms with Crippen LogP contribution in [0.4, 0.5) is 0 Å².